The van der Waals surface area contributed by atoms with Gasteiger partial charge in [-0.2, -0.15) is 0 Å². The molecule has 2 rings (SSSR count). The average molecular weight is 182 g/mol. The lowest BCUT2D eigenvalue weighted by molar-refractivity contribution is -0.0919. The summed E-state index contributed by atoms with van der Waals surface area (Å²) >= 11 is 0. The third kappa shape index (κ3) is 1.31. The standard InChI is InChI=1S/C10H18N2O/c1-9(11-2)12-6-7-13-8-10(12)4-3-5-10/h11H,1,3-8H2,2H3. The number of hydrogen-bond acceptors (Lipinski definition) is 3. The van der Waals surface area contributed by atoms with Crippen LogP contribution in [0.4, 0.5) is 0 Å². The highest BCUT2D eigenvalue weighted by molar-refractivity contribution is 5.08. The van der Waals surface area contributed by atoms with Gasteiger partial charge in [0, 0.05) is 13.6 Å². The van der Waals surface area contributed by atoms with Crippen molar-refractivity contribution in [3.8, 4) is 0 Å². The fraction of sp³-hybridized carbons (Fsp3) is 0.800. The highest BCUT2D eigenvalue weighted by Gasteiger charge is 2.45. The molecule has 2 aliphatic rings. The summed E-state index contributed by atoms with van der Waals surface area (Å²) in [5, 5.41) is 3.13. The van der Waals surface area contributed by atoms with E-state index in [1.807, 2.05) is 7.05 Å². The Morgan fingerprint density at radius 1 is 1.54 bits per heavy atom. The van der Waals surface area contributed by atoms with Gasteiger partial charge in [-0.05, 0) is 19.3 Å². The minimum Gasteiger partial charge on any atom is -0.377 e. The van der Waals surface area contributed by atoms with Gasteiger partial charge in [-0.3, -0.25) is 0 Å². The van der Waals surface area contributed by atoms with Gasteiger partial charge in [-0.25, -0.2) is 0 Å². The van der Waals surface area contributed by atoms with Crippen molar-refractivity contribution in [2.24, 2.45) is 0 Å². The van der Waals surface area contributed by atoms with Gasteiger partial charge in [0.05, 0.1) is 24.6 Å². The van der Waals surface area contributed by atoms with Crippen molar-refractivity contribution in [2.45, 2.75) is 24.8 Å². The molecule has 2 fully saturated rings. The van der Waals surface area contributed by atoms with Crippen LogP contribution >= 0.6 is 0 Å². The average Bonchev–Trinajstić information content (AvgIpc) is 2.14. The second-order valence-corrected chi connectivity index (χ2v) is 3.98. The third-order valence-corrected chi connectivity index (χ3v) is 3.30. The molecule has 1 aliphatic heterocycles. The fourth-order valence-electron chi connectivity index (χ4n) is 2.29. The topological polar surface area (TPSA) is 24.5 Å². The highest BCUT2D eigenvalue weighted by atomic mass is 16.5. The molecule has 1 saturated carbocycles. The molecule has 0 unspecified atom stereocenters. The second kappa shape index (κ2) is 3.22. The Hall–Kier alpha value is -0.700. The van der Waals surface area contributed by atoms with Crippen LogP contribution in [-0.4, -0.2) is 37.2 Å². The molecule has 0 bridgehead atoms. The molecule has 1 heterocycles. The van der Waals surface area contributed by atoms with Crippen LogP contribution in [0.15, 0.2) is 12.4 Å². The van der Waals surface area contributed by atoms with E-state index in [0.717, 1.165) is 25.6 Å². The van der Waals surface area contributed by atoms with Gasteiger partial charge < -0.3 is 15.0 Å². The molecule has 1 spiro atoms. The molecule has 74 valence electrons. The summed E-state index contributed by atoms with van der Waals surface area (Å²) in [6, 6.07) is 0. The number of ether oxygens (including phenoxy) is 1. The Kier molecular flexibility index (Phi) is 2.20. The second-order valence-electron chi connectivity index (χ2n) is 3.98. The van der Waals surface area contributed by atoms with E-state index >= 15 is 0 Å². The van der Waals surface area contributed by atoms with Gasteiger partial charge >= 0.3 is 0 Å². The highest BCUT2D eigenvalue weighted by Crippen LogP contribution is 2.40. The maximum atomic E-state index is 5.54. The summed E-state index contributed by atoms with van der Waals surface area (Å²) in [7, 11) is 1.93. The minimum absolute atomic E-state index is 0.290. The Bertz CT molecular complexity index is 211. The Morgan fingerprint density at radius 2 is 2.31 bits per heavy atom. The summed E-state index contributed by atoms with van der Waals surface area (Å²) in [4.78, 5) is 2.39. The number of nitrogens with one attached hydrogen (secondary N) is 1. The van der Waals surface area contributed by atoms with Crippen molar-refractivity contribution in [1.29, 1.82) is 0 Å². The Balaban J connectivity index is 2.09. The molecular weight excluding hydrogens is 164 g/mol. The zero-order valence-electron chi connectivity index (χ0n) is 8.31. The van der Waals surface area contributed by atoms with Crippen LogP contribution in [0.5, 0.6) is 0 Å². The first-order valence-electron chi connectivity index (χ1n) is 5.01. The van der Waals surface area contributed by atoms with Gasteiger partial charge in [0.15, 0.2) is 0 Å². The summed E-state index contributed by atoms with van der Waals surface area (Å²) in [6.45, 7) is 6.74. The summed E-state index contributed by atoms with van der Waals surface area (Å²) < 4.78 is 5.54. The molecule has 0 atom stereocenters. The van der Waals surface area contributed by atoms with Crippen molar-refractivity contribution >= 4 is 0 Å². The molecule has 0 aromatic heterocycles. The molecular formula is C10H18N2O. The lowest BCUT2D eigenvalue weighted by atomic mass is 9.75. The first-order chi connectivity index (χ1) is 6.28. The van der Waals surface area contributed by atoms with Gasteiger partial charge in [0.1, 0.15) is 0 Å². The molecule has 1 aliphatic carbocycles. The molecule has 13 heavy (non-hydrogen) atoms. The SMILES string of the molecule is C=C(NC)N1CCOCC12CCC2. The number of nitrogens with zero attached hydrogens (tertiary/aromatic N) is 1. The number of rotatable bonds is 2. The normalized spacial score (nSPS) is 25.5. The number of hydrogen-bond donors (Lipinski definition) is 1. The Labute approximate surface area is 79.7 Å². The van der Waals surface area contributed by atoms with Crippen molar-refractivity contribution in [1.82, 2.24) is 10.2 Å². The van der Waals surface area contributed by atoms with E-state index < -0.39 is 0 Å². The van der Waals surface area contributed by atoms with Crippen LogP contribution in [0.3, 0.4) is 0 Å². The van der Waals surface area contributed by atoms with Crippen molar-refractivity contribution < 1.29 is 4.74 Å². The van der Waals surface area contributed by atoms with Crippen molar-refractivity contribution in [2.75, 3.05) is 26.8 Å². The van der Waals surface area contributed by atoms with E-state index in [0.29, 0.717) is 5.54 Å². The molecule has 3 nitrogen and oxygen atoms in total. The van der Waals surface area contributed by atoms with Crippen LogP contribution in [0, 0.1) is 0 Å². The summed E-state index contributed by atoms with van der Waals surface area (Å²) in [5.41, 5.74) is 0.290. The molecule has 3 heteroatoms. The Morgan fingerprint density at radius 3 is 2.85 bits per heavy atom. The van der Waals surface area contributed by atoms with E-state index in [-0.39, 0.29) is 0 Å². The largest absolute Gasteiger partial charge is 0.377 e. The maximum absolute atomic E-state index is 5.54. The summed E-state index contributed by atoms with van der Waals surface area (Å²) in [5.74, 6) is 1.04. The molecule has 1 saturated heterocycles. The van der Waals surface area contributed by atoms with Crippen molar-refractivity contribution in [3.63, 3.8) is 0 Å². The summed E-state index contributed by atoms with van der Waals surface area (Å²) in [6.07, 6.45) is 3.85. The van der Waals surface area contributed by atoms with Crippen molar-refractivity contribution in [3.05, 3.63) is 12.4 Å². The first-order valence-corrected chi connectivity index (χ1v) is 5.01. The maximum Gasteiger partial charge on any atom is 0.0942 e. The molecule has 1 N–H and O–H groups in total. The molecule has 0 radical (unpaired) electrons. The van der Waals surface area contributed by atoms with E-state index in [4.69, 9.17) is 4.74 Å². The van der Waals surface area contributed by atoms with Crippen LogP contribution in [0.1, 0.15) is 19.3 Å². The predicted octanol–water partition coefficient (Wildman–Crippen LogP) is 0.932. The zero-order valence-corrected chi connectivity index (χ0v) is 8.31. The predicted molar refractivity (Wildman–Crippen MR) is 52.3 cm³/mol. The van der Waals surface area contributed by atoms with Gasteiger partial charge in [-0.15, -0.1) is 0 Å². The molecule has 0 aromatic rings. The van der Waals surface area contributed by atoms with Gasteiger partial charge in [-0.1, -0.05) is 6.58 Å². The monoisotopic (exact) mass is 182 g/mol. The quantitative estimate of drug-likeness (QED) is 0.687. The van der Waals surface area contributed by atoms with Gasteiger partial charge in [0.2, 0.25) is 0 Å². The van der Waals surface area contributed by atoms with Crippen LogP contribution in [-0.2, 0) is 4.74 Å². The van der Waals surface area contributed by atoms with Crippen LogP contribution < -0.4 is 5.32 Å². The van der Waals surface area contributed by atoms with E-state index in [2.05, 4.69) is 16.8 Å². The molecule has 0 aromatic carbocycles. The smallest absolute Gasteiger partial charge is 0.0942 e. The van der Waals surface area contributed by atoms with E-state index in [9.17, 15) is 0 Å². The van der Waals surface area contributed by atoms with E-state index in [1.165, 1.54) is 19.3 Å². The van der Waals surface area contributed by atoms with E-state index in [1.54, 1.807) is 0 Å². The molecule has 0 amide bonds. The first kappa shape index (κ1) is 8.88. The zero-order chi connectivity index (χ0) is 9.31. The van der Waals surface area contributed by atoms with Gasteiger partial charge in [0.25, 0.3) is 0 Å². The lowest BCUT2D eigenvalue weighted by Crippen LogP contribution is -2.61. The lowest BCUT2D eigenvalue weighted by Gasteiger charge is -2.54. The van der Waals surface area contributed by atoms with Crippen LogP contribution in [0.2, 0.25) is 0 Å². The fourth-order valence-corrected chi connectivity index (χ4v) is 2.29. The number of morpholine rings is 1. The van der Waals surface area contributed by atoms with Crippen LogP contribution in [0.25, 0.3) is 0 Å². The third-order valence-electron chi connectivity index (χ3n) is 3.30. The minimum atomic E-state index is 0.290.